The molecule has 0 fully saturated rings. The molecular formula is C56H32O2. The van der Waals surface area contributed by atoms with Crippen molar-refractivity contribution in [2.24, 2.45) is 0 Å². The van der Waals surface area contributed by atoms with Crippen LogP contribution >= 0.6 is 0 Å². The van der Waals surface area contributed by atoms with Gasteiger partial charge in [-0.2, -0.15) is 0 Å². The van der Waals surface area contributed by atoms with Crippen molar-refractivity contribution in [3.8, 4) is 33.4 Å². The molecule has 0 saturated carbocycles. The molecule has 0 atom stereocenters. The van der Waals surface area contributed by atoms with E-state index in [0.29, 0.717) is 0 Å². The molecule has 11 aromatic carbocycles. The topological polar surface area (TPSA) is 26.3 Å². The Hall–Kier alpha value is -7.68. The number of fused-ring (bicyclic) bond motifs is 12. The lowest BCUT2D eigenvalue weighted by atomic mass is 9.84. The molecule has 0 N–H and O–H groups in total. The standard InChI is InChI=1S/C56H32O2/c1-3-15-39-33(12-1)14-11-22-42(39)53-45-20-7-5-18-43(45)51(44-19-6-8-21-46(44)53)37-26-24-35-31-38(27-25-34(35)30-37)52-40-16-4-2-13-36(40)32-48-54-50(58-56(48)52)29-28-47-41-17-9-10-23-49(41)57-55(47)54/h1-32H. The summed E-state index contributed by atoms with van der Waals surface area (Å²) in [6.45, 7) is 0. The molecule has 0 amide bonds. The Balaban J connectivity index is 1.02. The second kappa shape index (κ2) is 11.9. The summed E-state index contributed by atoms with van der Waals surface area (Å²) < 4.78 is 13.4. The lowest BCUT2D eigenvalue weighted by Crippen LogP contribution is -1.91. The third kappa shape index (κ3) is 4.43. The predicted molar refractivity (Wildman–Crippen MR) is 245 cm³/mol. The fraction of sp³-hybridized carbons (Fsp3) is 0. The molecule has 13 rings (SSSR count). The molecule has 0 aliphatic carbocycles. The molecule has 2 aromatic heterocycles. The van der Waals surface area contributed by atoms with Crippen molar-refractivity contribution in [1.82, 2.24) is 0 Å². The number of hydrogen-bond acceptors (Lipinski definition) is 2. The van der Waals surface area contributed by atoms with Crippen molar-refractivity contribution in [1.29, 1.82) is 0 Å². The molecule has 0 aliphatic heterocycles. The van der Waals surface area contributed by atoms with Crippen molar-refractivity contribution in [2.75, 3.05) is 0 Å². The van der Waals surface area contributed by atoms with E-state index in [-0.39, 0.29) is 0 Å². The van der Waals surface area contributed by atoms with Gasteiger partial charge in [0.05, 0.1) is 5.39 Å². The van der Waals surface area contributed by atoms with Crippen LogP contribution in [0.4, 0.5) is 0 Å². The molecule has 2 heteroatoms. The molecule has 2 heterocycles. The van der Waals surface area contributed by atoms with E-state index in [2.05, 4.69) is 182 Å². The monoisotopic (exact) mass is 736 g/mol. The molecule has 58 heavy (non-hydrogen) atoms. The summed E-state index contributed by atoms with van der Waals surface area (Å²) in [6.07, 6.45) is 0. The van der Waals surface area contributed by atoms with Gasteiger partial charge in [0.15, 0.2) is 0 Å². The zero-order valence-corrected chi connectivity index (χ0v) is 31.3. The zero-order chi connectivity index (χ0) is 37.9. The average Bonchev–Trinajstić information content (AvgIpc) is 3.85. The number of hydrogen-bond donors (Lipinski definition) is 0. The molecule has 13 aromatic rings. The fourth-order valence-electron chi connectivity index (χ4n) is 9.86. The van der Waals surface area contributed by atoms with Crippen LogP contribution in [0.5, 0.6) is 0 Å². The summed E-state index contributed by atoms with van der Waals surface area (Å²) >= 11 is 0. The van der Waals surface area contributed by atoms with Crippen LogP contribution in [0.15, 0.2) is 203 Å². The Kier molecular flexibility index (Phi) is 6.47. The highest BCUT2D eigenvalue weighted by molar-refractivity contribution is 6.27. The minimum absolute atomic E-state index is 0.828. The SMILES string of the molecule is c1ccc2c(-c3c4ccccc4c(-c4ccc5cc(-c6c7ccccc7cc7c6oc6ccc8c9ccccc9oc8c67)ccc5c4)c4ccccc34)cccc2c1. The highest BCUT2D eigenvalue weighted by Crippen LogP contribution is 2.48. The highest BCUT2D eigenvalue weighted by atomic mass is 16.3. The third-order valence-electron chi connectivity index (χ3n) is 12.4. The van der Waals surface area contributed by atoms with E-state index < -0.39 is 0 Å². The summed E-state index contributed by atoms with van der Waals surface area (Å²) in [5.41, 5.74) is 10.7. The molecule has 0 spiro atoms. The largest absolute Gasteiger partial charge is 0.455 e. The maximum Gasteiger partial charge on any atom is 0.147 e. The van der Waals surface area contributed by atoms with Crippen LogP contribution < -0.4 is 0 Å². The van der Waals surface area contributed by atoms with Crippen LogP contribution in [-0.4, -0.2) is 0 Å². The maximum atomic E-state index is 6.83. The van der Waals surface area contributed by atoms with E-state index in [1.54, 1.807) is 0 Å². The van der Waals surface area contributed by atoms with Gasteiger partial charge in [-0.05, 0) is 118 Å². The first kappa shape index (κ1) is 31.5. The van der Waals surface area contributed by atoms with Crippen LogP contribution in [-0.2, 0) is 0 Å². The van der Waals surface area contributed by atoms with E-state index in [4.69, 9.17) is 8.83 Å². The summed E-state index contributed by atoms with van der Waals surface area (Å²) in [6, 6.07) is 70.4. The molecular weight excluding hydrogens is 705 g/mol. The number of rotatable bonds is 3. The Morgan fingerprint density at radius 2 is 0.810 bits per heavy atom. The zero-order valence-electron chi connectivity index (χ0n) is 31.3. The van der Waals surface area contributed by atoms with Gasteiger partial charge < -0.3 is 8.83 Å². The predicted octanol–water partition coefficient (Wildman–Crippen LogP) is 16.3. The van der Waals surface area contributed by atoms with Crippen molar-refractivity contribution in [2.45, 2.75) is 0 Å². The number of furan rings is 2. The normalized spacial score (nSPS) is 12.1. The van der Waals surface area contributed by atoms with E-state index in [1.807, 2.05) is 12.1 Å². The number of benzene rings is 11. The van der Waals surface area contributed by atoms with Crippen LogP contribution in [0.2, 0.25) is 0 Å². The summed E-state index contributed by atoms with van der Waals surface area (Å²) in [5.74, 6) is 0. The van der Waals surface area contributed by atoms with Gasteiger partial charge >= 0.3 is 0 Å². The summed E-state index contributed by atoms with van der Waals surface area (Å²) in [4.78, 5) is 0. The molecule has 0 radical (unpaired) electrons. The van der Waals surface area contributed by atoms with Crippen LogP contribution in [0.1, 0.15) is 0 Å². The van der Waals surface area contributed by atoms with Gasteiger partial charge in [-0.3, -0.25) is 0 Å². The smallest absolute Gasteiger partial charge is 0.147 e. The van der Waals surface area contributed by atoms with Gasteiger partial charge in [0.2, 0.25) is 0 Å². The second-order valence-corrected chi connectivity index (χ2v) is 15.5. The van der Waals surface area contributed by atoms with Crippen molar-refractivity contribution >= 4 is 97.7 Å². The van der Waals surface area contributed by atoms with Crippen LogP contribution in [0, 0.1) is 0 Å². The number of para-hydroxylation sites is 1. The highest BCUT2D eigenvalue weighted by Gasteiger charge is 2.22. The van der Waals surface area contributed by atoms with E-state index in [0.717, 1.165) is 60.4 Å². The Bertz CT molecular complexity index is 3800. The Morgan fingerprint density at radius 3 is 1.53 bits per heavy atom. The van der Waals surface area contributed by atoms with E-state index in [1.165, 1.54) is 70.7 Å². The van der Waals surface area contributed by atoms with Gasteiger partial charge in [-0.25, -0.2) is 0 Å². The van der Waals surface area contributed by atoms with Crippen molar-refractivity contribution < 1.29 is 8.83 Å². The molecule has 2 nitrogen and oxygen atoms in total. The minimum atomic E-state index is 0.828. The first-order valence-corrected chi connectivity index (χ1v) is 19.9. The molecule has 0 bridgehead atoms. The average molecular weight is 737 g/mol. The first-order chi connectivity index (χ1) is 28.8. The molecule has 0 saturated heterocycles. The Morgan fingerprint density at radius 1 is 0.259 bits per heavy atom. The maximum absolute atomic E-state index is 6.83. The lowest BCUT2D eigenvalue weighted by molar-refractivity contribution is 0.663. The molecule has 0 aliphatic rings. The minimum Gasteiger partial charge on any atom is -0.455 e. The van der Waals surface area contributed by atoms with Crippen LogP contribution in [0.25, 0.3) is 131 Å². The first-order valence-electron chi connectivity index (χ1n) is 19.9. The van der Waals surface area contributed by atoms with Gasteiger partial charge in [0, 0.05) is 21.7 Å². The van der Waals surface area contributed by atoms with Crippen molar-refractivity contribution in [3.63, 3.8) is 0 Å². The quantitative estimate of drug-likeness (QED) is 0.169. The van der Waals surface area contributed by atoms with Gasteiger partial charge in [-0.15, -0.1) is 0 Å². The Labute approximate surface area is 332 Å². The third-order valence-corrected chi connectivity index (χ3v) is 12.4. The van der Waals surface area contributed by atoms with Crippen LogP contribution in [0.3, 0.4) is 0 Å². The summed E-state index contributed by atoms with van der Waals surface area (Å²) in [7, 11) is 0. The van der Waals surface area contributed by atoms with E-state index >= 15 is 0 Å². The van der Waals surface area contributed by atoms with Gasteiger partial charge in [0.25, 0.3) is 0 Å². The fourth-order valence-corrected chi connectivity index (χ4v) is 9.86. The van der Waals surface area contributed by atoms with Gasteiger partial charge in [-0.1, -0.05) is 158 Å². The van der Waals surface area contributed by atoms with Gasteiger partial charge in [0.1, 0.15) is 22.3 Å². The second-order valence-electron chi connectivity index (χ2n) is 15.5. The lowest BCUT2D eigenvalue weighted by Gasteiger charge is -2.19. The summed E-state index contributed by atoms with van der Waals surface area (Å²) in [5, 5.41) is 16.5. The van der Waals surface area contributed by atoms with Crippen molar-refractivity contribution in [3.05, 3.63) is 194 Å². The molecule has 268 valence electrons. The molecule has 0 unspecified atom stereocenters. The van der Waals surface area contributed by atoms with E-state index in [9.17, 15) is 0 Å².